The summed E-state index contributed by atoms with van der Waals surface area (Å²) in [6, 6.07) is 0. The highest BCUT2D eigenvalue weighted by molar-refractivity contribution is 7.73. The Morgan fingerprint density at radius 3 is 2.56 bits per heavy atom. The van der Waals surface area contributed by atoms with Crippen molar-refractivity contribution >= 4 is 23.6 Å². The number of hydrogen-bond acceptors (Lipinski definition) is 2. The van der Waals surface area contributed by atoms with E-state index in [9.17, 15) is 0 Å². The maximum Gasteiger partial charge on any atom is 0.158 e. The minimum absolute atomic E-state index is 0.893. The molecule has 1 aromatic heterocycles. The molecule has 0 spiro atoms. The zero-order valence-electron chi connectivity index (χ0n) is 5.52. The summed E-state index contributed by atoms with van der Waals surface area (Å²) < 4.78 is 0.893. The number of thiazole rings is 1. The van der Waals surface area contributed by atoms with Crippen LogP contribution in [-0.2, 0) is 6.42 Å². The van der Waals surface area contributed by atoms with E-state index >= 15 is 0 Å². The predicted octanol–water partition coefficient (Wildman–Crippen LogP) is 2.68. The SMILES string of the molecule is CCc1[nH]c(=S)sc1C. The van der Waals surface area contributed by atoms with Crippen LogP contribution in [0.25, 0.3) is 0 Å². The molecule has 0 amide bonds. The van der Waals surface area contributed by atoms with Crippen molar-refractivity contribution in [3.63, 3.8) is 0 Å². The molecule has 0 fully saturated rings. The van der Waals surface area contributed by atoms with Crippen molar-refractivity contribution in [3.8, 4) is 0 Å². The van der Waals surface area contributed by atoms with Crippen LogP contribution in [0.2, 0.25) is 0 Å². The Morgan fingerprint density at radius 2 is 2.33 bits per heavy atom. The number of aromatic amines is 1. The van der Waals surface area contributed by atoms with Crippen LogP contribution in [0.5, 0.6) is 0 Å². The van der Waals surface area contributed by atoms with Crippen LogP contribution in [0.15, 0.2) is 0 Å². The lowest BCUT2D eigenvalue weighted by atomic mass is 10.3. The molecule has 0 radical (unpaired) electrons. The molecule has 0 atom stereocenters. The molecule has 0 saturated heterocycles. The van der Waals surface area contributed by atoms with Crippen LogP contribution in [0, 0.1) is 10.9 Å². The van der Waals surface area contributed by atoms with Gasteiger partial charge in [0.2, 0.25) is 0 Å². The first-order chi connectivity index (χ1) is 4.24. The Bertz CT molecular complexity index is 246. The molecular formula is C6H9NS2. The van der Waals surface area contributed by atoms with Crippen molar-refractivity contribution in [2.45, 2.75) is 20.3 Å². The molecule has 0 aromatic carbocycles. The second-order valence-electron chi connectivity index (χ2n) is 1.90. The maximum absolute atomic E-state index is 4.95. The molecule has 1 rings (SSSR count). The van der Waals surface area contributed by atoms with Gasteiger partial charge in [0.25, 0.3) is 0 Å². The van der Waals surface area contributed by atoms with E-state index in [1.807, 2.05) is 0 Å². The second kappa shape index (κ2) is 2.62. The zero-order valence-corrected chi connectivity index (χ0v) is 7.16. The van der Waals surface area contributed by atoms with Gasteiger partial charge in [-0.15, -0.1) is 11.3 Å². The van der Waals surface area contributed by atoms with Gasteiger partial charge < -0.3 is 4.98 Å². The maximum atomic E-state index is 4.95. The lowest BCUT2D eigenvalue weighted by Gasteiger charge is -1.87. The number of aryl methyl sites for hydroxylation is 2. The van der Waals surface area contributed by atoms with Gasteiger partial charge in [-0.2, -0.15) is 0 Å². The minimum Gasteiger partial charge on any atom is -0.341 e. The van der Waals surface area contributed by atoms with Gasteiger partial charge >= 0.3 is 0 Å². The van der Waals surface area contributed by atoms with Gasteiger partial charge in [-0.05, 0) is 25.6 Å². The normalized spacial score (nSPS) is 10.0. The third-order valence-electron chi connectivity index (χ3n) is 1.28. The molecule has 1 aromatic rings. The summed E-state index contributed by atoms with van der Waals surface area (Å²) in [6.07, 6.45) is 1.05. The molecule has 3 heteroatoms. The van der Waals surface area contributed by atoms with Gasteiger partial charge in [0.05, 0.1) is 0 Å². The highest BCUT2D eigenvalue weighted by atomic mass is 32.1. The Kier molecular flexibility index (Phi) is 2.03. The van der Waals surface area contributed by atoms with E-state index in [0.717, 1.165) is 10.4 Å². The summed E-state index contributed by atoms with van der Waals surface area (Å²) in [5.41, 5.74) is 1.28. The lowest BCUT2D eigenvalue weighted by molar-refractivity contribution is 1.04. The molecule has 0 saturated carbocycles. The van der Waals surface area contributed by atoms with Crippen molar-refractivity contribution in [2.24, 2.45) is 0 Å². The second-order valence-corrected chi connectivity index (χ2v) is 3.79. The first-order valence-corrected chi connectivity index (χ1v) is 4.15. The first-order valence-electron chi connectivity index (χ1n) is 2.92. The third-order valence-corrected chi connectivity index (χ3v) is 2.47. The average Bonchev–Trinajstić information content (AvgIpc) is 2.10. The lowest BCUT2D eigenvalue weighted by Crippen LogP contribution is -1.80. The Balaban J connectivity index is 3.16. The van der Waals surface area contributed by atoms with E-state index in [-0.39, 0.29) is 0 Å². The molecule has 1 heterocycles. The average molecular weight is 159 g/mol. The largest absolute Gasteiger partial charge is 0.341 e. The first kappa shape index (κ1) is 6.96. The Hall–Kier alpha value is -0.150. The van der Waals surface area contributed by atoms with E-state index in [1.54, 1.807) is 11.3 Å². The van der Waals surface area contributed by atoms with E-state index < -0.39 is 0 Å². The fraction of sp³-hybridized carbons (Fsp3) is 0.500. The summed E-state index contributed by atoms with van der Waals surface area (Å²) in [7, 11) is 0. The van der Waals surface area contributed by atoms with Gasteiger partial charge in [-0.25, -0.2) is 0 Å². The summed E-state index contributed by atoms with van der Waals surface area (Å²) >= 11 is 6.60. The number of H-pyrrole nitrogens is 1. The van der Waals surface area contributed by atoms with E-state index in [2.05, 4.69) is 18.8 Å². The van der Waals surface area contributed by atoms with Crippen molar-refractivity contribution < 1.29 is 0 Å². The number of hydrogen-bond donors (Lipinski definition) is 1. The zero-order chi connectivity index (χ0) is 6.85. The molecule has 0 aliphatic heterocycles. The Morgan fingerprint density at radius 1 is 1.67 bits per heavy atom. The smallest absolute Gasteiger partial charge is 0.158 e. The highest BCUT2D eigenvalue weighted by Gasteiger charge is 1.95. The standard InChI is InChI=1S/C6H9NS2/c1-3-5-4(2)9-6(8)7-5/h3H2,1-2H3,(H,7,8). The van der Waals surface area contributed by atoms with Crippen LogP contribution in [0.4, 0.5) is 0 Å². The molecule has 0 aliphatic carbocycles. The van der Waals surface area contributed by atoms with Gasteiger partial charge in [-0.3, -0.25) is 0 Å². The van der Waals surface area contributed by atoms with Crippen LogP contribution in [0.1, 0.15) is 17.5 Å². The number of aromatic nitrogens is 1. The van der Waals surface area contributed by atoms with Crippen LogP contribution in [-0.4, -0.2) is 4.98 Å². The van der Waals surface area contributed by atoms with E-state index in [1.165, 1.54) is 10.6 Å². The summed E-state index contributed by atoms with van der Waals surface area (Å²) in [6.45, 7) is 4.22. The monoisotopic (exact) mass is 159 g/mol. The fourth-order valence-corrected chi connectivity index (χ4v) is 2.04. The van der Waals surface area contributed by atoms with Crippen molar-refractivity contribution in [1.29, 1.82) is 0 Å². The summed E-state index contributed by atoms with van der Waals surface area (Å²) in [5.74, 6) is 0. The molecule has 1 N–H and O–H groups in total. The summed E-state index contributed by atoms with van der Waals surface area (Å²) in [5, 5.41) is 0. The van der Waals surface area contributed by atoms with Gasteiger partial charge in [0, 0.05) is 10.6 Å². The van der Waals surface area contributed by atoms with Gasteiger partial charge in [0.1, 0.15) is 0 Å². The van der Waals surface area contributed by atoms with Crippen molar-refractivity contribution in [1.82, 2.24) is 4.98 Å². The highest BCUT2D eigenvalue weighted by Crippen LogP contribution is 2.13. The number of nitrogens with one attached hydrogen (secondary N) is 1. The van der Waals surface area contributed by atoms with Gasteiger partial charge in [0.15, 0.2) is 3.95 Å². The fourth-order valence-electron chi connectivity index (χ4n) is 0.775. The molecule has 0 bridgehead atoms. The predicted molar refractivity (Wildman–Crippen MR) is 43.6 cm³/mol. The molecule has 0 aliphatic rings. The molecular weight excluding hydrogens is 150 g/mol. The molecule has 1 nitrogen and oxygen atoms in total. The number of rotatable bonds is 1. The van der Waals surface area contributed by atoms with Crippen LogP contribution in [0.3, 0.4) is 0 Å². The van der Waals surface area contributed by atoms with Crippen LogP contribution < -0.4 is 0 Å². The molecule has 50 valence electrons. The van der Waals surface area contributed by atoms with E-state index in [0.29, 0.717) is 0 Å². The summed E-state index contributed by atoms with van der Waals surface area (Å²) in [4.78, 5) is 4.45. The third kappa shape index (κ3) is 1.40. The molecule has 9 heavy (non-hydrogen) atoms. The van der Waals surface area contributed by atoms with E-state index in [4.69, 9.17) is 12.2 Å². The van der Waals surface area contributed by atoms with Crippen molar-refractivity contribution in [2.75, 3.05) is 0 Å². The topological polar surface area (TPSA) is 15.8 Å². The van der Waals surface area contributed by atoms with Crippen LogP contribution >= 0.6 is 23.6 Å². The quantitative estimate of drug-likeness (QED) is 0.623. The van der Waals surface area contributed by atoms with Crippen molar-refractivity contribution in [3.05, 3.63) is 14.5 Å². The van der Waals surface area contributed by atoms with Gasteiger partial charge in [-0.1, -0.05) is 6.92 Å². The molecule has 0 unspecified atom stereocenters. The minimum atomic E-state index is 0.893. The Labute approximate surface area is 63.7 Å².